The minimum atomic E-state index is -0.344. The number of amides is 2. The van der Waals surface area contributed by atoms with Crippen LogP contribution in [0.4, 0.5) is 11.4 Å². The van der Waals surface area contributed by atoms with Gasteiger partial charge >= 0.3 is 0 Å². The minimum absolute atomic E-state index is 0.0485. The number of benzene rings is 2. The highest BCUT2D eigenvalue weighted by Gasteiger charge is 2.29. The largest absolute Gasteiger partial charge is 0.484 e. The maximum absolute atomic E-state index is 12.4. The van der Waals surface area contributed by atoms with Crippen LogP contribution in [-0.4, -0.2) is 49.5 Å². The van der Waals surface area contributed by atoms with E-state index in [1.807, 2.05) is 62.1 Å². The van der Waals surface area contributed by atoms with E-state index >= 15 is 0 Å². The monoisotopic (exact) mass is 473 g/mol. The molecule has 160 valence electrons. The number of ether oxygens (including phenoxy) is 1. The van der Waals surface area contributed by atoms with E-state index < -0.39 is 0 Å². The van der Waals surface area contributed by atoms with Crippen molar-refractivity contribution in [2.75, 3.05) is 43.0 Å². The first-order valence-corrected chi connectivity index (χ1v) is 10.8. The number of hydrogen-bond donors (Lipinski definition) is 1. The van der Waals surface area contributed by atoms with Gasteiger partial charge in [-0.25, -0.2) is 0 Å². The van der Waals surface area contributed by atoms with Crippen LogP contribution in [0, 0.1) is 5.41 Å². The summed E-state index contributed by atoms with van der Waals surface area (Å²) in [5.74, 6) is 0.637. The average molecular weight is 474 g/mol. The molecule has 1 heterocycles. The van der Waals surface area contributed by atoms with E-state index in [1.165, 1.54) is 0 Å². The second-order valence-electron chi connectivity index (χ2n) is 8.37. The maximum Gasteiger partial charge on any atom is 0.262 e. The maximum atomic E-state index is 12.4. The van der Waals surface area contributed by atoms with Crippen molar-refractivity contribution in [3.63, 3.8) is 0 Å². The molecule has 7 heteroatoms. The molecule has 2 amide bonds. The zero-order valence-electron chi connectivity index (χ0n) is 17.7. The minimum Gasteiger partial charge on any atom is -0.484 e. The van der Waals surface area contributed by atoms with Crippen molar-refractivity contribution in [1.29, 1.82) is 0 Å². The van der Waals surface area contributed by atoms with Crippen LogP contribution in [0.25, 0.3) is 0 Å². The van der Waals surface area contributed by atoms with Gasteiger partial charge in [0.25, 0.3) is 5.91 Å². The van der Waals surface area contributed by atoms with Crippen molar-refractivity contribution in [1.82, 2.24) is 4.90 Å². The Kier molecular flexibility index (Phi) is 7.02. The second-order valence-corrected chi connectivity index (χ2v) is 9.28. The highest BCUT2D eigenvalue weighted by molar-refractivity contribution is 9.10. The molecule has 0 atom stereocenters. The fourth-order valence-electron chi connectivity index (χ4n) is 3.27. The Hall–Kier alpha value is -2.54. The summed E-state index contributed by atoms with van der Waals surface area (Å²) in [6, 6.07) is 15.1. The van der Waals surface area contributed by atoms with Crippen molar-refractivity contribution in [2.45, 2.75) is 20.8 Å². The van der Waals surface area contributed by atoms with Crippen molar-refractivity contribution in [3.05, 3.63) is 53.0 Å². The van der Waals surface area contributed by atoms with Crippen molar-refractivity contribution < 1.29 is 14.3 Å². The summed E-state index contributed by atoms with van der Waals surface area (Å²) < 4.78 is 6.45. The summed E-state index contributed by atoms with van der Waals surface area (Å²) in [5, 5.41) is 2.85. The first-order chi connectivity index (χ1) is 14.2. The van der Waals surface area contributed by atoms with Gasteiger partial charge in [-0.15, -0.1) is 0 Å². The molecule has 3 rings (SSSR count). The van der Waals surface area contributed by atoms with Gasteiger partial charge in [-0.1, -0.05) is 36.7 Å². The Balaban J connectivity index is 1.47. The molecule has 0 unspecified atom stereocenters. The second kappa shape index (κ2) is 9.51. The fourth-order valence-corrected chi connectivity index (χ4v) is 3.54. The number of nitrogens with zero attached hydrogens (tertiary/aromatic N) is 2. The summed E-state index contributed by atoms with van der Waals surface area (Å²) >= 11 is 3.37. The van der Waals surface area contributed by atoms with E-state index in [-0.39, 0.29) is 23.8 Å². The Morgan fingerprint density at radius 2 is 1.57 bits per heavy atom. The van der Waals surface area contributed by atoms with Crippen LogP contribution in [0.15, 0.2) is 53.0 Å². The average Bonchev–Trinajstić information content (AvgIpc) is 2.73. The van der Waals surface area contributed by atoms with Crippen LogP contribution >= 0.6 is 15.9 Å². The van der Waals surface area contributed by atoms with E-state index in [9.17, 15) is 9.59 Å². The third-order valence-electron chi connectivity index (χ3n) is 4.91. The zero-order chi connectivity index (χ0) is 21.7. The molecule has 1 fully saturated rings. The molecule has 1 aliphatic rings. The number of carbonyl (C=O) groups excluding carboxylic acids is 2. The van der Waals surface area contributed by atoms with Crippen LogP contribution in [0.3, 0.4) is 0 Å². The molecule has 0 bridgehead atoms. The summed E-state index contributed by atoms with van der Waals surface area (Å²) in [4.78, 5) is 28.8. The van der Waals surface area contributed by atoms with Crippen LogP contribution in [0.5, 0.6) is 5.75 Å². The molecule has 0 radical (unpaired) electrons. The van der Waals surface area contributed by atoms with E-state index in [2.05, 4.69) is 26.1 Å². The standard InChI is InChI=1S/C23H28BrN3O3/c1-23(2,3)22(29)27-14-12-26(13-15-27)19-8-6-18(7-9-19)25-21(28)16-30-20-10-4-17(24)5-11-20/h4-11H,12-16H2,1-3H3,(H,25,28). The lowest BCUT2D eigenvalue weighted by Gasteiger charge is -2.38. The zero-order valence-corrected chi connectivity index (χ0v) is 19.2. The molecule has 6 nitrogen and oxygen atoms in total. The molecular formula is C23H28BrN3O3. The van der Waals surface area contributed by atoms with Gasteiger partial charge in [-0.2, -0.15) is 0 Å². The van der Waals surface area contributed by atoms with Crippen LogP contribution < -0.4 is 15.0 Å². The molecule has 0 aliphatic carbocycles. The van der Waals surface area contributed by atoms with Crippen LogP contribution in [0.2, 0.25) is 0 Å². The topological polar surface area (TPSA) is 61.9 Å². The third-order valence-corrected chi connectivity index (χ3v) is 5.44. The quantitative estimate of drug-likeness (QED) is 0.707. The summed E-state index contributed by atoms with van der Waals surface area (Å²) in [7, 11) is 0. The van der Waals surface area contributed by atoms with E-state index in [0.29, 0.717) is 5.75 Å². The predicted octanol–water partition coefficient (Wildman–Crippen LogP) is 4.16. The van der Waals surface area contributed by atoms with Gasteiger partial charge < -0.3 is 19.9 Å². The van der Waals surface area contributed by atoms with Gasteiger partial charge in [0.2, 0.25) is 5.91 Å². The smallest absolute Gasteiger partial charge is 0.262 e. The number of hydrogen-bond acceptors (Lipinski definition) is 4. The van der Waals surface area contributed by atoms with Gasteiger partial charge in [0, 0.05) is 47.4 Å². The molecule has 30 heavy (non-hydrogen) atoms. The lowest BCUT2D eigenvalue weighted by atomic mass is 9.94. The molecule has 2 aromatic rings. The van der Waals surface area contributed by atoms with Gasteiger partial charge in [0.1, 0.15) is 5.75 Å². The summed E-state index contributed by atoms with van der Waals surface area (Å²) in [6.45, 7) is 8.87. The number of rotatable bonds is 5. The predicted molar refractivity (Wildman–Crippen MR) is 123 cm³/mol. The van der Waals surface area contributed by atoms with Crippen molar-refractivity contribution in [2.24, 2.45) is 5.41 Å². The molecule has 0 spiro atoms. The molecule has 1 aliphatic heterocycles. The van der Waals surface area contributed by atoms with Gasteiger partial charge in [0.05, 0.1) is 0 Å². The fraction of sp³-hybridized carbons (Fsp3) is 0.391. The number of nitrogens with one attached hydrogen (secondary N) is 1. The highest BCUT2D eigenvalue weighted by Crippen LogP contribution is 2.23. The first kappa shape index (κ1) is 22.2. The Labute approximate surface area is 186 Å². The third kappa shape index (κ3) is 5.98. The molecular weight excluding hydrogens is 446 g/mol. The molecule has 2 aromatic carbocycles. The number of anilines is 2. The van der Waals surface area contributed by atoms with E-state index in [0.717, 1.165) is 42.0 Å². The Bertz CT molecular complexity index is 868. The normalized spacial score (nSPS) is 14.4. The molecule has 0 aromatic heterocycles. The SMILES string of the molecule is CC(C)(C)C(=O)N1CCN(c2ccc(NC(=O)COc3ccc(Br)cc3)cc2)CC1. The summed E-state index contributed by atoms with van der Waals surface area (Å²) in [6.07, 6.45) is 0. The Morgan fingerprint density at radius 3 is 2.13 bits per heavy atom. The lowest BCUT2D eigenvalue weighted by Crippen LogP contribution is -2.51. The molecule has 1 saturated heterocycles. The van der Waals surface area contributed by atoms with Crippen LogP contribution in [0.1, 0.15) is 20.8 Å². The van der Waals surface area contributed by atoms with Gasteiger partial charge in [-0.05, 0) is 48.5 Å². The van der Waals surface area contributed by atoms with Crippen molar-refractivity contribution in [3.8, 4) is 5.75 Å². The van der Waals surface area contributed by atoms with Gasteiger partial charge in [0.15, 0.2) is 6.61 Å². The summed E-state index contributed by atoms with van der Waals surface area (Å²) in [5.41, 5.74) is 1.47. The Morgan fingerprint density at radius 1 is 0.967 bits per heavy atom. The lowest BCUT2D eigenvalue weighted by molar-refractivity contribution is -0.139. The molecule has 1 N–H and O–H groups in total. The van der Waals surface area contributed by atoms with E-state index in [1.54, 1.807) is 12.1 Å². The van der Waals surface area contributed by atoms with Crippen molar-refractivity contribution >= 4 is 39.1 Å². The van der Waals surface area contributed by atoms with Crippen LogP contribution in [-0.2, 0) is 9.59 Å². The number of piperazine rings is 1. The number of carbonyl (C=O) groups is 2. The number of halogens is 1. The highest BCUT2D eigenvalue weighted by atomic mass is 79.9. The first-order valence-electron chi connectivity index (χ1n) is 10.0. The van der Waals surface area contributed by atoms with E-state index in [4.69, 9.17) is 4.74 Å². The molecule has 0 saturated carbocycles. The van der Waals surface area contributed by atoms with Gasteiger partial charge in [-0.3, -0.25) is 9.59 Å².